The van der Waals surface area contributed by atoms with E-state index >= 15 is 0 Å². The quantitative estimate of drug-likeness (QED) is 0.399. The van der Waals surface area contributed by atoms with Crippen molar-refractivity contribution >= 4 is 44.7 Å². The van der Waals surface area contributed by atoms with Crippen LogP contribution in [0.15, 0.2) is 59.7 Å². The molecule has 35 heavy (non-hydrogen) atoms. The number of ether oxygens (including phenoxy) is 2. The van der Waals surface area contributed by atoms with Crippen molar-refractivity contribution in [1.29, 1.82) is 0 Å². The summed E-state index contributed by atoms with van der Waals surface area (Å²) in [7, 11) is 3.02. The van der Waals surface area contributed by atoms with E-state index in [1.54, 1.807) is 44.2 Å². The lowest BCUT2D eigenvalue weighted by atomic mass is 10.2. The molecule has 4 aromatic rings. The summed E-state index contributed by atoms with van der Waals surface area (Å²) in [6, 6.07) is 13.2. The number of benzene rings is 2. The van der Waals surface area contributed by atoms with Gasteiger partial charge in [0.1, 0.15) is 22.4 Å². The molecule has 0 radical (unpaired) electrons. The number of para-hydroxylation sites is 1. The SMILES string of the molecule is COc1ccc(OC)c(NC(=O)C(C)n2cnc3sc(C(=O)Nc4ccccc4)c(C)c3c2=O)c1. The highest BCUT2D eigenvalue weighted by Gasteiger charge is 2.23. The van der Waals surface area contributed by atoms with Gasteiger partial charge in [-0.05, 0) is 43.7 Å². The Morgan fingerprint density at radius 2 is 1.80 bits per heavy atom. The topological polar surface area (TPSA) is 112 Å². The number of rotatable bonds is 7. The first-order chi connectivity index (χ1) is 16.8. The van der Waals surface area contributed by atoms with Crippen molar-refractivity contribution in [1.82, 2.24) is 9.55 Å². The molecule has 0 aliphatic rings. The molecule has 0 aliphatic heterocycles. The maximum Gasteiger partial charge on any atom is 0.266 e. The fourth-order valence-corrected chi connectivity index (χ4v) is 4.65. The Balaban J connectivity index is 1.63. The number of nitrogens with zero attached hydrogens (tertiary/aromatic N) is 2. The molecule has 4 rings (SSSR count). The number of carbonyl (C=O) groups excluding carboxylic acids is 2. The zero-order chi connectivity index (χ0) is 25.1. The average molecular weight is 493 g/mol. The molecule has 0 spiro atoms. The van der Waals surface area contributed by atoms with Crippen molar-refractivity contribution in [3.8, 4) is 11.5 Å². The molecule has 2 aromatic heterocycles. The van der Waals surface area contributed by atoms with E-state index in [4.69, 9.17) is 9.47 Å². The number of fused-ring (bicyclic) bond motifs is 1. The van der Waals surface area contributed by atoms with Crippen molar-refractivity contribution in [2.45, 2.75) is 19.9 Å². The predicted octanol–water partition coefficient (Wildman–Crippen LogP) is 4.24. The van der Waals surface area contributed by atoms with E-state index in [1.165, 1.54) is 25.1 Å². The van der Waals surface area contributed by atoms with Crippen LogP contribution in [0.2, 0.25) is 0 Å². The summed E-state index contributed by atoms with van der Waals surface area (Å²) in [6.45, 7) is 3.31. The number of nitrogens with one attached hydrogen (secondary N) is 2. The second-order valence-electron chi connectivity index (χ2n) is 7.74. The Morgan fingerprint density at radius 3 is 2.49 bits per heavy atom. The Kier molecular flexibility index (Phi) is 6.83. The Hall–Kier alpha value is -4.18. The molecule has 2 N–H and O–H groups in total. The Morgan fingerprint density at radius 1 is 1.06 bits per heavy atom. The molecule has 10 heteroatoms. The molecular weight excluding hydrogens is 468 g/mol. The van der Waals surface area contributed by atoms with Crippen molar-refractivity contribution in [3.05, 3.63) is 75.7 Å². The summed E-state index contributed by atoms with van der Waals surface area (Å²) in [5.41, 5.74) is 1.19. The summed E-state index contributed by atoms with van der Waals surface area (Å²) < 4.78 is 11.8. The van der Waals surface area contributed by atoms with Gasteiger partial charge in [-0.25, -0.2) is 4.98 Å². The van der Waals surface area contributed by atoms with Gasteiger partial charge in [0, 0.05) is 11.8 Å². The molecule has 2 heterocycles. The van der Waals surface area contributed by atoms with Crippen LogP contribution in [0.1, 0.15) is 28.2 Å². The van der Waals surface area contributed by atoms with E-state index < -0.39 is 17.5 Å². The standard InChI is InChI=1S/C25H24N4O5S/c1-14-20-24(35-21(14)23(31)27-16-8-6-5-7-9-16)26-13-29(25(20)32)15(2)22(30)28-18-12-17(33-3)10-11-19(18)34-4/h5-13,15H,1-4H3,(H,27,31)(H,28,30). The third-order valence-corrected chi connectivity index (χ3v) is 6.77. The Labute approximate surface area is 205 Å². The third kappa shape index (κ3) is 4.73. The van der Waals surface area contributed by atoms with Gasteiger partial charge >= 0.3 is 0 Å². The molecule has 0 fully saturated rings. The maximum atomic E-state index is 13.3. The van der Waals surface area contributed by atoms with Crippen LogP contribution >= 0.6 is 11.3 Å². The van der Waals surface area contributed by atoms with Crippen molar-refractivity contribution in [2.75, 3.05) is 24.9 Å². The monoisotopic (exact) mass is 492 g/mol. The first-order valence-electron chi connectivity index (χ1n) is 10.7. The molecule has 180 valence electrons. The van der Waals surface area contributed by atoms with Gasteiger partial charge in [0.05, 0.1) is 36.5 Å². The fourth-order valence-electron chi connectivity index (χ4n) is 3.61. The summed E-state index contributed by atoms with van der Waals surface area (Å²) in [4.78, 5) is 44.4. The second-order valence-corrected chi connectivity index (χ2v) is 8.74. The van der Waals surface area contributed by atoms with Gasteiger partial charge in [0.15, 0.2) is 0 Å². The molecule has 0 saturated carbocycles. The number of anilines is 2. The van der Waals surface area contributed by atoms with Gasteiger partial charge in [-0.15, -0.1) is 11.3 Å². The van der Waals surface area contributed by atoms with Crippen molar-refractivity contribution in [2.24, 2.45) is 0 Å². The molecular formula is C25H24N4O5S. The van der Waals surface area contributed by atoms with Crippen LogP contribution in [0.3, 0.4) is 0 Å². The average Bonchev–Trinajstić information content (AvgIpc) is 3.21. The predicted molar refractivity (Wildman–Crippen MR) is 136 cm³/mol. The molecule has 9 nitrogen and oxygen atoms in total. The molecule has 1 atom stereocenters. The lowest BCUT2D eigenvalue weighted by Gasteiger charge is -2.17. The fraction of sp³-hybridized carbons (Fsp3) is 0.200. The maximum absolute atomic E-state index is 13.3. The first-order valence-corrected chi connectivity index (χ1v) is 11.5. The van der Waals surface area contributed by atoms with Gasteiger partial charge in [0.2, 0.25) is 5.91 Å². The summed E-state index contributed by atoms with van der Waals surface area (Å²) >= 11 is 1.14. The van der Waals surface area contributed by atoms with E-state index in [-0.39, 0.29) is 5.91 Å². The second kappa shape index (κ2) is 9.98. The van der Waals surface area contributed by atoms with Crippen molar-refractivity contribution in [3.63, 3.8) is 0 Å². The first kappa shape index (κ1) is 24.0. The van der Waals surface area contributed by atoms with Crippen LogP contribution < -0.4 is 25.7 Å². The van der Waals surface area contributed by atoms with E-state index in [2.05, 4.69) is 15.6 Å². The largest absolute Gasteiger partial charge is 0.497 e. The highest BCUT2D eigenvalue weighted by atomic mass is 32.1. The minimum absolute atomic E-state index is 0.314. The van der Waals surface area contributed by atoms with E-state index in [9.17, 15) is 14.4 Å². The summed E-state index contributed by atoms with van der Waals surface area (Å²) in [5.74, 6) is 0.243. The summed E-state index contributed by atoms with van der Waals surface area (Å²) in [5, 5.41) is 5.93. The number of hydrogen-bond donors (Lipinski definition) is 2. The molecule has 2 amide bonds. The molecule has 0 aliphatic carbocycles. The Bertz CT molecular complexity index is 1460. The number of aryl methyl sites for hydroxylation is 1. The number of hydrogen-bond acceptors (Lipinski definition) is 7. The van der Waals surface area contributed by atoms with Gasteiger partial charge in [-0.1, -0.05) is 18.2 Å². The number of thiophene rings is 1. The van der Waals surface area contributed by atoms with E-state index in [0.717, 1.165) is 11.3 Å². The number of amides is 2. The zero-order valence-electron chi connectivity index (χ0n) is 19.6. The van der Waals surface area contributed by atoms with Crippen molar-refractivity contribution < 1.29 is 19.1 Å². The number of methoxy groups -OCH3 is 2. The molecule has 2 aromatic carbocycles. The molecule has 0 bridgehead atoms. The van der Waals surface area contributed by atoms with Gasteiger partial charge in [-0.3, -0.25) is 19.0 Å². The normalized spacial score (nSPS) is 11.7. The van der Waals surface area contributed by atoms with Crippen LogP contribution in [0.25, 0.3) is 10.2 Å². The van der Waals surface area contributed by atoms with Gasteiger partial charge in [-0.2, -0.15) is 0 Å². The highest BCUT2D eigenvalue weighted by Crippen LogP contribution is 2.30. The minimum atomic E-state index is -0.879. The lowest BCUT2D eigenvalue weighted by Crippen LogP contribution is -2.32. The van der Waals surface area contributed by atoms with Crippen LogP contribution in [0, 0.1) is 6.92 Å². The van der Waals surface area contributed by atoms with Crippen LogP contribution in [-0.4, -0.2) is 35.6 Å². The highest BCUT2D eigenvalue weighted by molar-refractivity contribution is 7.20. The van der Waals surface area contributed by atoms with E-state index in [0.29, 0.717) is 43.5 Å². The van der Waals surface area contributed by atoms with Crippen LogP contribution in [-0.2, 0) is 4.79 Å². The number of aromatic nitrogens is 2. The lowest BCUT2D eigenvalue weighted by molar-refractivity contribution is -0.118. The minimum Gasteiger partial charge on any atom is -0.497 e. The zero-order valence-corrected chi connectivity index (χ0v) is 20.4. The third-order valence-electron chi connectivity index (χ3n) is 5.58. The van der Waals surface area contributed by atoms with Gasteiger partial charge in [0.25, 0.3) is 11.5 Å². The van der Waals surface area contributed by atoms with E-state index in [1.807, 2.05) is 18.2 Å². The summed E-state index contributed by atoms with van der Waals surface area (Å²) in [6.07, 6.45) is 1.33. The smallest absolute Gasteiger partial charge is 0.266 e. The van der Waals surface area contributed by atoms with Crippen LogP contribution in [0.4, 0.5) is 11.4 Å². The molecule has 0 saturated heterocycles. The van der Waals surface area contributed by atoms with Crippen LogP contribution in [0.5, 0.6) is 11.5 Å². The van der Waals surface area contributed by atoms with Gasteiger partial charge < -0.3 is 20.1 Å². The number of carbonyl (C=O) groups is 2. The molecule has 1 unspecified atom stereocenters.